The normalized spacial score (nSPS) is 26.8. The number of rotatable bonds is 4. The summed E-state index contributed by atoms with van der Waals surface area (Å²) in [4.78, 5) is 15.3. The summed E-state index contributed by atoms with van der Waals surface area (Å²) in [6.45, 7) is 0.761. The molecule has 1 amide bonds. The number of fused-ring (bicyclic) bond motifs is 2. The monoisotopic (exact) mass is 435 g/mol. The summed E-state index contributed by atoms with van der Waals surface area (Å²) in [6.07, 6.45) is 7.91. The van der Waals surface area contributed by atoms with Crippen LogP contribution in [0, 0.1) is 5.92 Å². The van der Waals surface area contributed by atoms with Gasteiger partial charge in [0.05, 0.1) is 18.8 Å². The van der Waals surface area contributed by atoms with Crippen molar-refractivity contribution in [3.8, 4) is 17.2 Å². The van der Waals surface area contributed by atoms with Crippen LogP contribution in [0.2, 0.25) is 0 Å². The van der Waals surface area contributed by atoms with Crippen molar-refractivity contribution in [3.63, 3.8) is 0 Å². The molecule has 0 radical (unpaired) electrons. The Morgan fingerprint density at radius 2 is 1.94 bits per heavy atom. The number of hydrogen-bond acceptors (Lipinski definition) is 5. The lowest BCUT2D eigenvalue weighted by molar-refractivity contribution is -0.150. The van der Waals surface area contributed by atoms with Crippen LogP contribution in [0.25, 0.3) is 6.08 Å². The second-order valence-electron chi connectivity index (χ2n) is 8.90. The third-order valence-corrected chi connectivity index (χ3v) is 7.12. The number of carbonyl (C=O) groups is 1. The lowest BCUT2D eigenvalue weighted by Gasteiger charge is -2.52. The molecular formula is C26H29NO5. The largest absolute Gasteiger partial charge is 0.497 e. The van der Waals surface area contributed by atoms with Crippen LogP contribution in [0.5, 0.6) is 17.2 Å². The third-order valence-electron chi connectivity index (χ3n) is 7.12. The molecule has 1 saturated carbocycles. The number of likely N-dealkylation sites (tertiary alicyclic amines) is 1. The number of nitrogens with zero attached hydrogens (tertiary/aromatic N) is 1. The molecule has 2 fully saturated rings. The molecule has 2 aliphatic heterocycles. The van der Waals surface area contributed by atoms with E-state index >= 15 is 0 Å². The number of aliphatic hydroxyl groups is 1. The van der Waals surface area contributed by atoms with Gasteiger partial charge in [-0.15, -0.1) is 0 Å². The molecule has 1 aliphatic carbocycles. The molecule has 0 bridgehead atoms. The lowest BCUT2D eigenvalue weighted by Crippen LogP contribution is -2.56. The van der Waals surface area contributed by atoms with Crippen molar-refractivity contribution in [2.24, 2.45) is 5.92 Å². The highest BCUT2D eigenvalue weighted by Crippen LogP contribution is 2.49. The predicted octanol–water partition coefficient (Wildman–Crippen LogP) is 4.33. The van der Waals surface area contributed by atoms with Crippen molar-refractivity contribution >= 4 is 12.0 Å². The highest BCUT2D eigenvalue weighted by molar-refractivity contribution is 5.92. The Hall–Kier alpha value is -2.99. The molecule has 3 aliphatic rings. The summed E-state index contributed by atoms with van der Waals surface area (Å²) in [6, 6.07) is 13.4. The smallest absolute Gasteiger partial charge is 0.247 e. The number of methoxy groups -OCH3 is 1. The van der Waals surface area contributed by atoms with Crippen LogP contribution in [-0.4, -0.2) is 42.0 Å². The Bertz CT molecular complexity index is 1020. The SMILES string of the molecule is COc1ccc([C@H]2C3CCCCC3(O)CCN2C(=O)/C=C/c2ccc3c(c2)OCO3)cc1. The molecule has 3 atom stereocenters. The second-order valence-corrected chi connectivity index (χ2v) is 8.90. The zero-order valence-electron chi connectivity index (χ0n) is 18.3. The molecule has 6 nitrogen and oxygen atoms in total. The van der Waals surface area contributed by atoms with Crippen molar-refractivity contribution < 1.29 is 24.1 Å². The van der Waals surface area contributed by atoms with E-state index in [0.717, 1.165) is 48.3 Å². The molecular weight excluding hydrogens is 406 g/mol. The molecule has 2 aromatic carbocycles. The van der Waals surface area contributed by atoms with Crippen molar-refractivity contribution in [2.75, 3.05) is 20.4 Å². The predicted molar refractivity (Wildman–Crippen MR) is 121 cm³/mol. The number of benzene rings is 2. The Morgan fingerprint density at radius 1 is 1.12 bits per heavy atom. The fourth-order valence-electron chi connectivity index (χ4n) is 5.42. The maximum absolute atomic E-state index is 13.4. The van der Waals surface area contributed by atoms with E-state index in [-0.39, 0.29) is 24.7 Å². The van der Waals surface area contributed by atoms with E-state index in [0.29, 0.717) is 18.7 Å². The van der Waals surface area contributed by atoms with Crippen molar-refractivity contribution in [2.45, 2.75) is 43.7 Å². The standard InChI is InChI=1S/C26H29NO5/c1-30-20-9-7-19(8-10-20)25-21-4-2-3-13-26(21,29)14-15-27(25)24(28)12-6-18-5-11-22-23(16-18)32-17-31-22/h5-12,16,21,25,29H,2-4,13-15,17H2,1H3/b12-6+/t21?,25-,26?/m0/s1. The molecule has 5 rings (SSSR count). The van der Waals surface area contributed by atoms with Crippen LogP contribution < -0.4 is 14.2 Å². The first-order chi connectivity index (χ1) is 15.6. The minimum Gasteiger partial charge on any atom is -0.497 e. The first kappa shape index (κ1) is 20.9. The van der Waals surface area contributed by atoms with E-state index in [4.69, 9.17) is 14.2 Å². The zero-order chi connectivity index (χ0) is 22.1. The summed E-state index contributed by atoms with van der Waals surface area (Å²) in [7, 11) is 1.65. The average Bonchev–Trinajstić information content (AvgIpc) is 3.29. The van der Waals surface area contributed by atoms with Gasteiger partial charge in [0.25, 0.3) is 0 Å². The van der Waals surface area contributed by atoms with Gasteiger partial charge in [-0.3, -0.25) is 4.79 Å². The van der Waals surface area contributed by atoms with Crippen LogP contribution in [0.15, 0.2) is 48.5 Å². The summed E-state index contributed by atoms with van der Waals surface area (Å²) in [5, 5.41) is 11.4. The van der Waals surface area contributed by atoms with E-state index < -0.39 is 5.60 Å². The Morgan fingerprint density at radius 3 is 2.75 bits per heavy atom. The number of carbonyl (C=O) groups excluding carboxylic acids is 1. The summed E-state index contributed by atoms with van der Waals surface area (Å²) in [5.41, 5.74) is 1.22. The highest BCUT2D eigenvalue weighted by atomic mass is 16.7. The van der Waals surface area contributed by atoms with Crippen LogP contribution in [0.4, 0.5) is 0 Å². The molecule has 2 aromatic rings. The van der Waals surface area contributed by atoms with Crippen LogP contribution in [0.3, 0.4) is 0 Å². The van der Waals surface area contributed by atoms with Gasteiger partial charge in [0.1, 0.15) is 5.75 Å². The van der Waals surface area contributed by atoms with Gasteiger partial charge < -0.3 is 24.2 Å². The minimum atomic E-state index is -0.708. The van der Waals surface area contributed by atoms with E-state index in [2.05, 4.69) is 0 Å². The van der Waals surface area contributed by atoms with E-state index in [1.54, 1.807) is 13.2 Å². The van der Waals surface area contributed by atoms with Crippen molar-refractivity contribution in [3.05, 3.63) is 59.7 Å². The summed E-state index contributed by atoms with van der Waals surface area (Å²) in [5.74, 6) is 2.18. The average molecular weight is 436 g/mol. The molecule has 2 unspecified atom stereocenters. The minimum absolute atomic E-state index is 0.0290. The van der Waals surface area contributed by atoms with E-state index in [1.165, 1.54) is 0 Å². The van der Waals surface area contributed by atoms with Gasteiger partial charge in [-0.05, 0) is 60.7 Å². The van der Waals surface area contributed by atoms with Gasteiger partial charge in [0.2, 0.25) is 12.7 Å². The fourth-order valence-corrected chi connectivity index (χ4v) is 5.42. The summed E-state index contributed by atoms with van der Waals surface area (Å²) >= 11 is 0. The lowest BCUT2D eigenvalue weighted by atomic mass is 9.66. The number of ether oxygens (including phenoxy) is 3. The molecule has 1 N–H and O–H groups in total. The van der Waals surface area contributed by atoms with Gasteiger partial charge in [0, 0.05) is 18.5 Å². The molecule has 2 heterocycles. The van der Waals surface area contributed by atoms with Gasteiger partial charge in [0.15, 0.2) is 11.5 Å². The first-order valence-electron chi connectivity index (χ1n) is 11.3. The second kappa shape index (κ2) is 8.51. The molecule has 168 valence electrons. The number of piperidine rings is 1. The highest BCUT2D eigenvalue weighted by Gasteiger charge is 2.49. The molecule has 0 spiro atoms. The quantitative estimate of drug-likeness (QED) is 0.724. The zero-order valence-corrected chi connectivity index (χ0v) is 18.3. The van der Waals surface area contributed by atoms with Gasteiger partial charge in [-0.2, -0.15) is 0 Å². The fraction of sp³-hybridized carbons (Fsp3) is 0.423. The van der Waals surface area contributed by atoms with E-state index in [1.807, 2.05) is 53.4 Å². The molecule has 6 heteroatoms. The van der Waals surface area contributed by atoms with Crippen molar-refractivity contribution in [1.82, 2.24) is 4.90 Å². The van der Waals surface area contributed by atoms with Gasteiger partial charge in [-0.1, -0.05) is 31.0 Å². The Balaban J connectivity index is 1.43. The maximum Gasteiger partial charge on any atom is 0.247 e. The number of amides is 1. The first-order valence-corrected chi connectivity index (χ1v) is 11.3. The third kappa shape index (κ3) is 3.84. The Kier molecular flexibility index (Phi) is 5.55. The van der Waals surface area contributed by atoms with Crippen LogP contribution in [-0.2, 0) is 4.79 Å². The molecule has 0 aromatic heterocycles. The molecule has 1 saturated heterocycles. The maximum atomic E-state index is 13.4. The Labute approximate surface area is 188 Å². The van der Waals surface area contributed by atoms with Gasteiger partial charge >= 0.3 is 0 Å². The van der Waals surface area contributed by atoms with Crippen LogP contribution >= 0.6 is 0 Å². The summed E-state index contributed by atoms with van der Waals surface area (Å²) < 4.78 is 16.1. The number of hydrogen-bond donors (Lipinski definition) is 1. The van der Waals surface area contributed by atoms with E-state index in [9.17, 15) is 9.90 Å². The van der Waals surface area contributed by atoms with Crippen molar-refractivity contribution in [1.29, 1.82) is 0 Å². The van der Waals surface area contributed by atoms with Crippen LogP contribution in [0.1, 0.15) is 49.3 Å². The van der Waals surface area contributed by atoms with Gasteiger partial charge in [-0.25, -0.2) is 0 Å². The topological polar surface area (TPSA) is 68.2 Å². The molecule has 32 heavy (non-hydrogen) atoms.